The van der Waals surface area contributed by atoms with Crippen molar-refractivity contribution in [2.24, 2.45) is 0 Å². The fourth-order valence-electron chi connectivity index (χ4n) is 3.36. The second-order valence-corrected chi connectivity index (χ2v) is 6.85. The number of nitrogens with one attached hydrogen (secondary N) is 1. The van der Waals surface area contributed by atoms with E-state index >= 15 is 0 Å². The molecule has 28 heavy (non-hydrogen) atoms. The lowest BCUT2D eigenvalue weighted by Crippen LogP contribution is -2.44. The van der Waals surface area contributed by atoms with Gasteiger partial charge < -0.3 is 19.9 Å². The maximum Gasteiger partial charge on any atom is 0.290 e. The van der Waals surface area contributed by atoms with E-state index in [1.807, 2.05) is 49.5 Å². The van der Waals surface area contributed by atoms with Crippen molar-refractivity contribution >= 4 is 23.1 Å². The molecule has 1 saturated heterocycles. The van der Waals surface area contributed by atoms with Crippen LogP contribution in [0.2, 0.25) is 0 Å². The average Bonchev–Trinajstić information content (AvgIpc) is 2.70. The number of pyridine rings is 2. The van der Waals surface area contributed by atoms with Gasteiger partial charge in [0.25, 0.3) is 12.0 Å². The SMILES string of the molecule is Cc1cccc2c(=O)[nH]c(-c3ccc(N4CCN(C)CC4)nc3)cc12.O=CO. The molecule has 1 aliphatic heterocycles. The van der Waals surface area contributed by atoms with Crippen molar-refractivity contribution in [3.8, 4) is 11.3 Å². The van der Waals surface area contributed by atoms with Crippen molar-refractivity contribution in [2.45, 2.75) is 6.92 Å². The molecule has 1 aromatic carbocycles. The summed E-state index contributed by atoms with van der Waals surface area (Å²) in [6, 6.07) is 11.9. The summed E-state index contributed by atoms with van der Waals surface area (Å²) in [6.07, 6.45) is 1.85. The molecule has 0 amide bonds. The lowest BCUT2D eigenvalue weighted by atomic mass is 10.0. The summed E-state index contributed by atoms with van der Waals surface area (Å²) in [7, 11) is 2.14. The minimum Gasteiger partial charge on any atom is -0.483 e. The molecule has 146 valence electrons. The summed E-state index contributed by atoms with van der Waals surface area (Å²) in [6.45, 7) is 5.88. The van der Waals surface area contributed by atoms with Crippen LogP contribution >= 0.6 is 0 Å². The van der Waals surface area contributed by atoms with Crippen LogP contribution in [-0.4, -0.2) is 59.7 Å². The van der Waals surface area contributed by atoms with Crippen molar-refractivity contribution in [3.63, 3.8) is 0 Å². The van der Waals surface area contributed by atoms with Gasteiger partial charge in [0.15, 0.2) is 0 Å². The molecule has 4 rings (SSSR count). The Kier molecular flexibility index (Phi) is 6.06. The summed E-state index contributed by atoms with van der Waals surface area (Å²) >= 11 is 0. The molecule has 3 aromatic rings. The molecule has 7 nitrogen and oxygen atoms in total. The Labute approximate surface area is 163 Å². The van der Waals surface area contributed by atoms with Crippen LogP contribution in [0, 0.1) is 6.92 Å². The van der Waals surface area contributed by atoms with Crippen molar-refractivity contribution in [3.05, 3.63) is 58.5 Å². The summed E-state index contributed by atoms with van der Waals surface area (Å²) in [5.74, 6) is 0.996. The molecule has 0 radical (unpaired) electrons. The van der Waals surface area contributed by atoms with E-state index in [9.17, 15) is 4.79 Å². The largest absolute Gasteiger partial charge is 0.483 e. The third kappa shape index (κ3) is 4.20. The fraction of sp³-hybridized carbons (Fsp3) is 0.286. The first kappa shape index (κ1) is 19.6. The molecule has 7 heteroatoms. The summed E-state index contributed by atoms with van der Waals surface area (Å²) in [5, 5.41) is 8.61. The third-order valence-electron chi connectivity index (χ3n) is 4.99. The number of piperazine rings is 1. The highest BCUT2D eigenvalue weighted by Crippen LogP contribution is 2.23. The minimum atomic E-state index is -0.250. The van der Waals surface area contributed by atoms with Crippen molar-refractivity contribution < 1.29 is 9.90 Å². The fourth-order valence-corrected chi connectivity index (χ4v) is 3.36. The summed E-state index contributed by atoms with van der Waals surface area (Å²) in [4.78, 5) is 33.0. The normalized spacial score (nSPS) is 14.4. The van der Waals surface area contributed by atoms with E-state index in [1.54, 1.807) is 0 Å². The quantitative estimate of drug-likeness (QED) is 0.664. The van der Waals surface area contributed by atoms with Gasteiger partial charge in [-0.25, -0.2) is 4.98 Å². The highest BCUT2D eigenvalue weighted by Gasteiger charge is 2.15. The second kappa shape index (κ2) is 8.67. The van der Waals surface area contributed by atoms with Gasteiger partial charge in [-0.1, -0.05) is 12.1 Å². The molecule has 0 saturated carbocycles. The molecule has 3 heterocycles. The highest BCUT2D eigenvalue weighted by atomic mass is 16.3. The van der Waals surface area contributed by atoms with E-state index < -0.39 is 0 Å². The number of benzene rings is 1. The molecule has 0 atom stereocenters. The molecular weight excluding hydrogens is 356 g/mol. The van der Waals surface area contributed by atoms with Gasteiger partial charge in [0.05, 0.1) is 5.69 Å². The molecule has 0 aliphatic carbocycles. The first-order valence-electron chi connectivity index (χ1n) is 9.14. The molecule has 0 spiro atoms. The third-order valence-corrected chi connectivity index (χ3v) is 4.99. The van der Waals surface area contributed by atoms with E-state index in [2.05, 4.69) is 26.8 Å². The van der Waals surface area contributed by atoms with Gasteiger partial charge in [-0.3, -0.25) is 9.59 Å². The van der Waals surface area contributed by atoms with Crippen molar-refractivity contribution in [2.75, 3.05) is 38.1 Å². The molecule has 0 unspecified atom stereocenters. The number of carboxylic acid groups (broad SMARTS) is 1. The van der Waals surface area contributed by atoms with Crippen molar-refractivity contribution in [1.82, 2.24) is 14.9 Å². The number of H-pyrrole nitrogens is 1. The molecule has 2 aromatic heterocycles. The number of carbonyl (C=O) groups is 1. The number of nitrogens with zero attached hydrogens (tertiary/aromatic N) is 3. The molecule has 0 bridgehead atoms. The van der Waals surface area contributed by atoms with Crippen LogP contribution in [0.1, 0.15) is 5.56 Å². The van der Waals surface area contributed by atoms with Crippen LogP contribution in [0.3, 0.4) is 0 Å². The summed E-state index contributed by atoms with van der Waals surface area (Å²) in [5.41, 5.74) is 2.79. The van der Waals surface area contributed by atoms with Crippen LogP contribution in [0.25, 0.3) is 22.0 Å². The van der Waals surface area contributed by atoms with E-state index in [1.165, 1.54) is 0 Å². The zero-order valence-electron chi connectivity index (χ0n) is 16.1. The number of anilines is 1. The summed E-state index contributed by atoms with van der Waals surface area (Å²) < 4.78 is 0. The predicted molar refractivity (Wildman–Crippen MR) is 111 cm³/mol. The van der Waals surface area contributed by atoms with E-state index in [0.717, 1.165) is 59.6 Å². The Morgan fingerprint density at radius 1 is 1.11 bits per heavy atom. The number of aromatic nitrogens is 2. The van der Waals surface area contributed by atoms with Crippen LogP contribution in [0.4, 0.5) is 5.82 Å². The monoisotopic (exact) mass is 380 g/mol. The first-order chi connectivity index (χ1) is 13.5. The van der Waals surface area contributed by atoms with Crippen LogP contribution in [0.15, 0.2) is 47.4 Å². The van der Waals surface area contributed by atoms with Gasteiger partial charge in [-0.2, -0.15) is 0 Å². The van der Waals surface area contributed by atoms with Gasteiger partial charge in [0, 0.05) is 43.3 Å². The van der Waals surface area contributed by atoms with Gasteiger partial charge in [-0.05, 0) is 49.2 Å². The lowest BCUT2D eigenvalue weighted by Gasteiger charge is -2.33. The predicted octanol–water partition coefficient (Wildman–Crippen LogP) is 2.35. The van der Waals surface area contributed by atoms with Crippen LogP contribution in [-0.2, 0) is 4.79 Å². The Morgan fingerprint density at radius 3 is 2.46 bits per heavy atom. The molecule has 1 fully saturated rings. The van der Waals surface area contributed by atoms with Gasteiger partial charge in [0.2, 0.25) is 0 Å². The van der Waals surface area contributed by atoms with Gasteiger partial charge in [-0.15, -0.1) is 0 Å². The van der Waals surface area contributed by atoms with Crippen molar-refractivity contribution in [1.29, 1.82) is 0 Å². The maximum absolute atomic E-state index is 12.4. The Bertz CT molecular complexity index is 1010. The Balaban J connectivity index is 0.000000706. The number of hydrogen-bond donors (Lipinski definition) is 2. The lowest BCUT2D eigenvalue weighted by molar-refractivity contribution is -0.122. The first-order valence-corrected chi connectivity index (χ1v) is 9.14. The standard InChI is InChI=1S/C20H22N4O.CH2O2/c1-14-4-3-5-16-17(14)12-18(22-20(16)25)15-6-7-19(21-13-15)24-10-8-23(2)9-11-24;2-1-3/h3-7,12-13H,8-11H2,1-2H3,(H,22,25);1H,(H,2,3). The smallest absolute Gasteiger partial charge is 0.290 e. The Hall–Kier alpha value is -3.19. The average molecular weight is 380 g/mol. The van der Waals surface area contributed by atoms with Crippen LogP contribution < -0.4 is 10.5 Å². The number of likely N-dealkylation sites (N-methyl/N-ethyl adjacent to an activating group) is 1. The molecule has 2 N–H and O–H groups in total. The van der Waals surface area contributed by atoms with Gasteiger partial charge >= 0.3 is 0 Å². The van der Waals surface area contributed by atoms with E-state index in [0.29, 0.717) is 0 Å². The van der Waals surface area contributed by atoms with E-state index in [4.69, 9.17) is 9.90 Å². The number of aryl methyl sites for hydroxylation is 1. The van der Waals surface area contributed by atoms with Crippen LogP contribution in [0.5, 0.6) is 0 Å². The zero-order valence-corrected chi connectivity index (χ0v) is 16.1. The second-order valence-electron chi connectivity index (χ2n) is 6.85. The number of hydrogen-bond acceptors (Lipinski definition) is 5. The number of aromatic amines is 1. The van der Waals surface area contributed by atoms with Gasteiger partial charge in [0.1, 0.15) is 5.82 Å². The molecular formula is C21H24N4O3. The highest BCUT2D eigenvalue weighted by molar-refractivity contribution is 5.87. The van der Waals surface area contributed by atoms with E-state index in [-0.39, 0.29) is 12.0 Å². The molecule has 1 aliphatic rings. The number of fused-ring (bicyclic) bond motifs is 1. The number of rotatable bonds is 2. The Morgan fingerprint density at radius 2 is 1.82 bits per heavy atom. The maximum atomic E-state index is 12.4. The zero-order chi connectivity index (χ0) is 20.1. The minimum absolute atomic E-state index is 0.0562. The topological polar surface area (TPSA) is 89.5 Å².